The highest BCUT2D eigenvalue weighted by molar-refractivity contribution is 7.89. The molecule has 2 aliphatic heterocycles. The molecule has 2 aromatic rings. The number of oxazole rings is 1. The van der Waals surface area contributed by atoms with E-state index in [2.05, 4.69) is 10.3 Å². The zero-order chi connectivity index (χ0) is 19.0. The van der Waals surface area contributed by atoms with E-state index in [0.717, 1.165) is 23.3 Å². The van der Waals surface area contributed by atoms with Crippen LogP contribution in [0.25, 0.3) is 0 Å². The van der Waals surface area contributed by atoms with E-state index in [1.165, 1.54) is 29.0 Å². The third-order valence-corrected chi connectivity index (χ3v) is 6.44. The lowest BCUT2D eigenvalue weighted by Crippen LogP contribution is -2.41. The molecule has 2 amide bonds. The number of carbonyl (C=O) groups is 1. The Morgan fingerprint density at radius 2 is 1.81 bits per heavy atom. The van der Waals surface area contributed by atoms with Crippen LogP contribution in [0.15, 0.2) is 57.3 Å². The first-order valence-electron chi connectivity index (χ1n) is 8.29. The molecule has 0 aliphatic carbocycles. The van der Waals surface area contributed by atoms with Crippen molar-refractivity contribution in [2.75, 3.05) is 26.2 Å². The number of rotatable bonds is 4. The molecule has 0 radical (unpaired) electrons. The monoisotopic (exact) mass is 392 g/mol. The second-order valence-electron chi connectivity index (χ2n) is 6.42. The number of urea groups is 1. The van der Waals surface area contributed by atoms with Gasteiger partial charge < -0.3 is 14.6 Å². The standard InChI is InChI=1S/C17H17FN4O4S/c18-14-1-3-16(4-2-14)27(24,25)22-9-12-7-21(8-13(12)10-22)17(23)20-6-15-5-19-11-26-15/h1-5,11H,6-10H2,(H,20,23). The van der Waals surface area contributed by atoms with Gasteiger partial charge >= 0.3 is 6.03 Å². The number of hydrogen-bond acceptors (Lipinski definition) is 5. The van der Waals surface area contributed by atoms with Gasteiger partial charge in [-0.2, -0.15) is 4.31 Å². The Kier molecular flexibility index (Phi) is 4.44. The Bertz CT molecular complexity index is 968. The van der Waals surface area contributed by atoms with Crippen molar-refractivity contribution in [3.63, 3.8) is 0 Å². The molecule has 3 heterocycles. The number of nitrogens with one attached hydrogen (secondary N) is 1. The SMILES string of the molecule is O=C(NCc1cnco1)N1CC2=C(C1)CN(S(=O)(=O)c1ccc(F)cc1)C2. The largest absolute Gasteiger partial charge is 0.447 e. The number of carbonyl (C=O) groups excluding carboxylic acids is 1. The highest BCUT2D eigenvalue weighted by atomic mass is 32.2. The van der Waals surface area contributed by atoms with E-state index in [1.807, 2.05) is 0 Å². The van der Waals surface area contributed by atoms with Gasteiger partial charge in [0, 0.05) is 26.2 Å². The summed E-state index contributed by atoms with van der Waals surface area (Å²) in [5, 5.41) is 2.75. The maximum absolute atomic E-state index is 13.0. The van der Waals surface area contributed by atoms with Gasteiger partial charge in [0.15, 0.2) is 6.39 Å². The molecular formula is C17H17FN4O4S. The summed E-state index contributed by atoms with van der Waals surface area (Å²) >= 11 is 0. The molecule has 0 saturated carbocycles. The van der Waals surface area contributed by atoms with Crippen molar-refractivity contribution in [2.24, 2.45) is 0 Å². The Morgan fingerprint density at radius 1 is 1.15 bits per heavy atom. The molecule has 1 aromatic carbocycles. The van der Waals surface area contributed by atoms with Gasteiger partial charge in [0.05, 0.1) is 17.6 Å². The maximum atomic E-state index is 13.0. The lowest BCUT2D eigenvalue weighted by molar-refractivity contribution is 0.207. The highest BCUT2D eigenvalue weighted by Gasteiger charge is 2.37. The number of benzene rings is 1. The summed E-state index contributed by atoms with van der Waals surface area (Å²) in [6, 6.07) is 4.54. The van der Waals surface area contributed by atoms with Gasteiger partial charge in [-0.05, 0) is 35.4 Å². The van der Waals surface area contributed by atoms with Crippen LogP contribution in [0.4, 0.5) is 9.18 Å². The van der Waals surface area contributed by atoms with Crippen LogP contribution >= 0.6 is 0 Å². The summed E-state index contributed by atoms with van der Waals surface area (Å²) in [7, 11) is -3.69. The minimum Gasteiger partial charge on any atom is -0.447 e. The number of sulfonamides is 1. The zero-order valence-electron chi connectivity index (χ0n) is 14.3. The van der Waals surface area contributed by atoms with E-state index in [1.54, 1.807) is 4.90 Å². The van der Waals surface area contributed by atoms with Gasteiger partial charge in [0.2, 0.25) is 10.0 Å². The van der Waals surface area contributed by atoms with Gasteiger partial charge in [-0.15, -0.1) is 0 Å². The molecule has 142 valence electrons. The lowest BCUT2D eigenvalue weighted by atomic mass is 10.2. The second kappa shape index (κ2) is 6.78. The topological polar surface area (TPSA) is 95.8 Å². The average molecular weight is 392 g/mol. The summed E-state index contributed by atoms with van der Waals surface area (Å²) in [5.74, 6) is 0.0718. The van der Waals surface area contributed by atoms with Gasteiger partial charge in [-0.1, -0.05) is 0 Å². The third kappa shape index (κ3) is 3.45. The number of nitrogens with zero attached hydrogens (tertiary/aromatic N) is 3. The predicted octanol–water partition coefficient (Wildman–Crippen LogP) is 1.34. The van der Waals surface area contributed by atoms with Crippen molar-refractivity contribution in [3.05, 3.63) is 59.6 Å². The minimum atomic E-state index is -3.69. The Hall–Kier alpha value is -2.72. The normalized spacial score (nSPS) is 17.4. The van der Waals surface area contributed by atoms with Crippen molar-refractivity contribution in [2.45, 2.75) is 11.4 Å². The molecular weight excluding hydrogens is 375 g/mol. The molecule has 27 heavy (non-hydrogen) atoms. The van der Waals surface area contributed by atoms with Crippen LogP contribution in [0.1, 0.15) is 5.76 Å². The highest BCUT2D eigenvalue weighted by Crippen LogP contribution is 2.29. The molecule has 0 fully saturated rings. The van der Waals surface area contributed by atoms with Crippen LogP contribution in [0.3, 0.4) is 0 Å². The molecule has 0 bridgehead atoms. The fourth-order valence-corrected chi connectivity index (χ4v) is 4.65. The van der Waals surface area contributed by atoms with Crippen LogP contribution in [0, 0.1) is 5.82 Å². The quantitative estimate of drug-likeness (QED) is 0.793. The van der Waals surface area contributed by atoms with E-state index in [0.29, 0.717) is 18.8 Å². The van der Waals surface area contributed by atoms with E-state index in [-0.39, 0.29) is 30.6 Å². The lowest BCUT2D eigenvalue weighted by Gasteiger charge is -2.23. The summed E-state index contributed by atoms with van der Waals surface area (Å²) in [5.41, 5.74) is 1.85. The van der Waals surface area contributed by atoms with Crippen LogP contribution in [-0.4, -0.2) is 54.8 Å². The van der Waals surface area contributed by atoms with Gasteiger partial charge in [0.1, 0.15) is 11.6 Å². The molecule has 8 nitrogen and oxygen atoms in total. The molecule has 0 atom stereocenters. The predicted molar refractivity (Wildman–Crippen MR) is 92.5 cm³/mol. The van der Waals surface area contributed by atoms with Crippen molar-refractivity contribution >= 4 is 16.1 Å². The van der Waals surface area contributed by atoms with Gasteiger partial charge in [0.25, 0.3) is 0 Å². The fourth-order valence-electron chi connectivity index (χ4n) is 3.22. The number of amides is 2. The molecule has 4 rings (SSSR count). The van der Waals surface area contributed by atoms with Crippen LogP contribution < -0.4 is 5.32 Å². The first kappa shape index (κ1) is 17.7. The fraction of sp³-hybridized carbons (Fsp3) is 0.294. The first-order chi connectivity index (χ1) is 12.9. The smallest absolute Gasteiger partial charge is 0.318 e. The number of aromatic nitrogens is 1. The van der Waals surface area contributed by atoms with Crippen molar-refractivity contribution in [1.29, 1.82) is 0 Å². The molecule has 0 saturated heterocycles. The molecule has 1 N–H and O–H groups in total. The van der Waals surface area contributed by atoms with Crippen LogP contribution in [0.2, 0.25) is 0 Å². The molecule has 0 spiro atoms. The van der Waals surface area contributed by atoms with Gasteiger partial charge in [-0.3, -0.25) is 0 Å². The van der Waals surface area contributed by atoms with Crippen LogP contribution in [0.5, 0.6) is 0 Å². The number of halogens is 1. The van der Waals surface area contributed by atoms with Crippen molar-refractivity contribution in [3.8, 4) is 0 Å². The van der Waals surface area contributed by atoms with Crippen molar-refractivity contribution < 1.29 is 22.0 Å². The van der Waals surface area contributed by atoms with Gasteiger partial charge in [-0.25, -0.2) is 22.6 Å². The Balaban J connectivity index is 1.35. The average Bonchev–Trinajstić information content (AvgIpc) is 3.36. The maximum Gasteiger partial charge on any atom is 0.318 e. The number of hydrogen-bond donors (Lipinski definition) is 1. The zero-order valence-corrected chi connectivity index (χ0v) is 15.1. The van der Waals surface area contributed by atoms with E-state index in [4.69, 9.17) is 4.42 Å². The Morgan fingerprint density at radius 3 is 2.41 bits per heavy atom. The molecule has 0 unspecified atom stereocenters. The van der Waals surface area contributed by atoms with E-state index >= 15 is 0 Å². The molecule has 10 heteroatoms. The summed E-state index contributed by atoms with van der Waals surface area (Å²) in [6.45, 7) is 1.48. The van der Waals surface area contributed by atoms with Crippen LogP contribution in [-0.2, 0) is 16.6 Å². The minimum absolute atomic E-state index is 0.0618. The van der Waals surface area contributed by atoms with E-state index < -0.39 is 15.8 Å². The molecule has 1 aromatic heterocycles. The summed E-state index contributed by atoms with van der Waals surface area (Å²) in [4.78, 5) is 17.7. The second-order valence-corrected chi connectivity index (χ2v) is 8.35. The first-order valence-corrected chi connectivity index (χ1v) is 9.73. The Labute approximate surface area is 155 Å². The van der Waals surface area contributed by atoms with E-state index in [9.17, 15) is 17.6 Å². The third-order valence-electron chi connectivity index (χ3n) is 4.63. The summed E-state index contributed by atoms with van der Waals surface area (Å²) < 4.78 is 44.9. The summed E-state index contributed by atoms with van der Waals surface area (Å²) in [6.07, 6.45) is 2.82. The molecule has 2 aliphatic rings. The van der Waals surface area contributed by atoms with Crippen molar-refractivity contribution in [1.82, 2.24) is 19.5 Å².